The maximum absolute atomic E-state index is 11.4. The zero-order valence-electron chi connectivity index (χ0n) is 9.72. The molecule has 0 bridgehead atoms. The number of carbonyl (C=O) groups excluding carboxylic acids is 1. The van der Waals surface area contributed by atoms with Gasteiger partial charge >= 0.3 is 0 Å². The van der Waals surface area contributed by atoms with Crippen LogP contribution in [0.25, 0.3) is 0 Å². The van der Waals surface area contributed by atoms with Crippen LogP contribution in [-0.2, 0) is 0 Å². The Labute approximate surface area is 105 Å². The first-order chi connectivity index (χ1) is 8.09. The first-order valence-corrected chi connectivity index (χ1v) is 6.61. The molecule has 0 aliphatic carbocycles. The summed E-state index contributed by atoms with van der Waals surface area (Å²) in [5.74, 6) is 2.34. The van der Waals surface area contributed by atoms with Gasteiger partial charge in [-0.05, 0) is 18.2 Å². The largest absolute Gasteiger partial charge is 0.397 e. The van der Waals surface area contributed by atoms with Crippen molar-refractivity contribution in [1.82, 2.24) is 4.98 Å². The van der Waals surface area contributed by atoms with Crippen molar-refractivity contribution in [3.8, 4) is 0 Å². The summed E-state index contributed by atoms with van der Waals surface area (Å²) in [6.07, 6.45) is 2.66. The number of hydrogen-bond acceptors (Lipinski definition) is 5. The lowest BCUT2D eigenvalue weighted by Crippen LogP contribution is -2.34. The third-order valence-electron chi connectivity index (χ3n) is 2.94. The third-order valence-corrected chi connectivity index (χ3v) is 4.09. The third kappa shape index (κ3) is 2.46. The summed E-state index contributed by atoms with van der Waals surface area (Å²) in [5.41, 5.74) is 11.8. The fourth-order valence-electron chi connectivity index (χ4n) is 1.94. The molecule has 1 unspecified atom stereocenters. The zero-order chi connectivity index (χ0) is 12.4. The van der Waals surface area contributed by atoms with E-state index in [0.717, 1.165) is 17.9 Å². The molecule has 1 atom stereocenters. The normalized spacial score (nSPS) is 19.2. The SMILES string of the molecule is CN(c1ncc(N)cc1C(N)=O)C1CCSC1. The van der Waals surface area contributed by atoms with Crippen LogP contribution >= 0.6 is 11.8 Å². The molecule has 1 saturated heterocycles. The summed E-state index contributed by atoms with van der Waals surface area (Å²) in [6.45, 7) is 0. The van der Waals surface area contributed by atoms with Gasteiger partial charge in [-0.3, -0.25) is 4.79 Å². The Hall–Kier alpha value is -1.43. The van der Waals surface area contributed by atoms with Crippen LogP contribution in [0, 0.1) is 0 Å². The fraction of sp³-hybridized carbons (Fsp3) is 0.455. The second kappa shape index (κ2) is 4.83. The van der Waals surface area contributed by atoms with Gasteiger partial charge in [-0.15, -0.1) is 0 Å². The highest BCUT2D eigenvalue weighted by atomic mass is 32.2. The summed E-state index contributed by atoms with van der Waals surface area (Å²) in [4.78, 5) is 17.7. The topological polar surface area (TPSA) is 85.2 Å². The summed E-state index contributed by atoms with van der Waals surface area (Å²) >= 11 is 1.91. The molecule has 1 aliphatic rings. The number of nitrogens with zero attached hydrogens (tertiary/aromatic N) is 2. The van der Waals surface area contributed by atoms with Crippen LogP contribution in [0.2, 0.25) is 0 Å². The Morgan fingerprint density at radius 1 is 1.65 bits per heavy atom. The summed E-state index contributed by atoms with van der Waals surface area (Å²) < 4.78 is 0. The van der Waals surface area contributed by atoms with E-state index in [0.29, 0.717) is 23.1 Å². The van der Waals surface area contributed by atoms with E-state index in [4.69, 9.17) is 11.5 Å². The number of amides is 1. The van der Waals surface area contributed by atoms with Crippen molar-refractivity contribution >= 4 is 29.2 Å². The quantitative estimate of drug-likeness (QED) is 0.827. The number of primary amides is 1. The van der Waals surface area contributed by atoms with Gasteiger partial charge in [-0.25, -0.2) is 4.98 Å². The van der Waals surface area contributed by atoms with Crippen LogP contribution in [0.1, 0.15) is 16.8 Å². The highest BCUT2D eigenvalue weighted by Gasteiger charge is 2.24. The van der Waals surface area contributed by atoms with E-state index in [-0.39, 0.29) is 0 Å². The highest BCUT2D eigenvalue weighted by molar-refractivity contribution is 7.99. The van der Waals surface area contributed by atoms with E-state index >= 15 is 0 Å². The Balaban J connectivity index is 2.33. The van der Waals surface area contributed by atoms with Gasteiger partial charge in [0.15, 0.2) is 0 Å². The number of thioether (sulfide) groups is 1. The molecule has 0 saturated carbocycles. The van der Waals surface area contributed by atoms with E-state index in [2.05, 4.69) is 4.98 Å². The number of rotatable bonds is 3. The number of nitrogen functional groups attached to an aromatic ring is 1. The van der Waals surface area contributed by atoms with Crippen molar-refractivity contribution in [3.05, 3.63) is 17.8 Å². The number of aromatic nitrogens is 1. The first kappa shape index (κ1) is 12.0. The van der Waals surface area contributed by atoms with E-state index in [1.165, 1.54) is 0 Å². The van der Waals surface area contributed by atoms with Crippen LogP contribution in [-0.4, -0.2) is 35.5 Å². The maximum atomic E-state index is 11.4. The van der Waals surface area contributed by atoms with Gasteiger partial charge in [0.2, 0.25) is 0 Å². The average Bonchev–Trinajstić information content (AvgIpc) is 2.81. The molecule has 2 rings (SSSR count). The number of nitrogens with two attached hydrogens (primary N) is 2. The lowest BCUT2D eigenvalue weighted by molar-refractivity contribution is 0.100. The van der Waals surface area contributed by atoms with Crippen LogP contribution in [0.3, 0.4) is 0 Å². The van der Waals surface area contributed by atoms with Gasteiger partial charge in [0.1, 0.15) is 5.82 Å². The average molecular weight is 252 g/mol. The molecule has 1 fully saturated rings. The molecular weight excluding hydrogens is 236 g/mol. The van der Waals surface area contributed by atoms with E-state index in [9.17, 15) is 4.79 Å². The molecule has 5 nitrogen and oxygen atoms in total. The summed E-state index contributed by atoms with van der Waals surface area (Å²) in [7, 11) is 1.95. The van der Waals surface area contributed by atoms with Crippen molar-refractivity contribution < 1.29 is 4.79 Å². The van der Waals surface area contributed by atoms with Gasteiger partial charge in [-0.2, -0.15) is 11.8 Å². The first-order valence-electron chi connectivity index (χ1n) is 5.45. The Morgan fingerprint density at radius 3 is 3.00 bits per heavy atom. The lowest BCUT2D eigenvalue weighted by atomic mass is 10.1. The molecule has 1 aromatic rings. The molecule has 0 spiro atoms. The van der Waals surface area contributed by atoms with Crippen molar-refractivity contribution in [1.29, 1.82) is 0 Å². The maximum Gasteiger partial charge on any atom is 0.252 e. The zero-order valence-corrected chi connectivity index (χ0v) is 10.5. The minimum Gasteiger partial charge on any atom is -0.397 e. The highest BCUT2D eigenvalue weighted by Crippen LogP contribution is 2.27. The van der Waals surface area contributed by atoms with Gasteiger partial charge in [0.25, 0.3) is 5.91 Å². The molecule has 0 radical (unpaired) electrons. The molecule has 1 aliphatic heterocycles. The minimum atomic E-state index is -0.489. The van der Waals surface area contributed by atoms with Crippen LogP contribution < -0.4 is 16.4 Å². The van der Waals surface area contributed by atoms with Crippen molar-refractivity contribution in [2.75, 3.05) is 29.2 Å². The van der Waals surface area contributed by atoms with Crippen LogP contribution in [0.4, 0.5) is 11.5 Å². The van der Waals surface area contributed by atoms with E-state index < -0.39 is 5.91 Å². The Kier molecular flexibility index (Phi) is 3.42. The number of pyridine rings is 1. The standard InChI is InChI=1S/C11H16N4OS/c1-15(8-2-3-17-6-8)11-9(10(13)16)4-7(12)5-14-11/h4-5,8H,2-3,6,12H2,1H3,(H2,13,16). The number of hydrogen-bond donors (Lipinski definition) is 2. The Morgan fingerprint density at radius 2 is 2.41 bits per heavy atom. The lowest BCUT2D eigenvalue weighted by Gasteiger charge is -2.26. The van der Waals surface area contributed by atoms with Crippen molar-refractivity contribution in [2.24, 2.45) is 5.73 Å². The molecule has 1 amide bonds. The van der Waals surface area contributed by atoms with E-state index in [1.807, 2.05) is 23.7 Å². The van der Waals surface area contributed by atoms with Crippen molar-refractivity contribution in [2.45, 2.75) is 12.5 Å². The Bertz CT molecular complexity index is 431. The number of anilines is 2. The smallest absolute Gasteiger partial charge is 0.252 e. The van der Waals surface area contributed by atoms with Gasteiger partial charge in [0, 0.05) is 18.8 Å². The predicted octanol–water partition coefficient (Wildman–Crippen LogP) is 0.704. The number of carbonyl (C=O) groups is 1. The fourth-order valence-corrected chi connectivity index (χ4v) is 3.20. The second-order valence-corrected chi connectivity index (χ2v) is 5.28. The molecule has 92 valence electrons. The van der Waals surface area contributed by atoms with E-state index in [1.54, 1.807) is 12.3 Å². The van der Waals surface area contributed by atoms with Gasteiger partial charge in [0.05, 0.1) is 17.4 Å². The molecule has 6 heteroatoms. The molecule has 0 aromatic carbocycles. The molecule has 4 N–H and O–H groups in total. The molecule has 2 heterocycles. The monoisotopic (exact) mass is 252 g/mol. The minimum absolute atomic E-state index is 0.393. The summed E-state index contributed by atoms with van der Waals surface area (Å²) in [5, 5.41) is 0. The predicted molar refractivity (Wildman–Crippen MR) is 71.3 cm³/mol. The van der Waals surface area contributed by atoms with Crippen LogP contribution in [0.15, 0.2) is 12.3 Å². The second-order valence-electron chi connectivity index (χ2n) is 4.13. The molecular formula is C11H16N4OS. The van der Waals surface area contributed by atoms with Gasteiger partial charge < -0.3 is 16.4 Å². The van der Waals surface area contributed by atoms with Crippen LogP contribution in [0.5, 0.6) is 0 Å². The molecule has 17 heavy (non-hydrogen) atoms. The molecule has 1 aromatic heterocycles. The van der Waals surface area contributed by atoms with Crippen molar-refractivity contribution in [3.63, 3.8) is 0 Å². The summed E-state index contributed by atoms with van der Waals surface area (Å²) in [6, 6.07) is 2.00. The van der Waals surface area contributed by atoms with Gasteiger partial charge in [-0.1, -0.05) is 0 Å².